The maximum absolute atomic E-state index is 12.1. The molecule has 0 bridgehead atoms. The summed E-state index contributed by atoms with van der Waals surface area (Å²) in [5.74, 6) is 0. The van der Waals surface area contributed by atoms with Crippen molar-refractivity contribution in [3.8, 4) is 0 Å². The molecule has 0 aromatic rings. The van der Waals surface area contributed by atoms with Crippen molar-refractivity contribution < 1.29 is 22.7 Å². The fourth-order valence-electron chi connectivity index (χ4n) is 0.648. The normalized spacial score (nSPS) is 14.5. The van der Waals surface area contributed by atoms with Crippen LogP contribution in [0.5, 0.6) is 0 Å². The van der Waals surface area contributed by atoms with E-state index >= 15 is 0 Å². The number of hydrogen-bond acceptors (Lipinski definition) is 4. The van der Waals surface area contributed by atoms with E-state index in [2.05, 4.69) is 9.05 Å². The number of hydrogen-bond donors (Lipinski definition) is 0. The maximum atomic E-state index is 12.1. The zero-order chi connectivity index (χ0) is 10.3. The van der Waals surface area contributed by atoms with Gasteiger partial charge in [-0.3, -0.25) is 4.57 Å². The van der Waals surface area contributed by atoms with Crippen molar-refractivity contribution in [1.82, 2.24) is 0 Å². The molecule has 0 saturated heterocycles. The quantitative estimate of drug-likeness (QED) is 0.609. The van der Waals surface area contributed by atoms with Gasteiger partial charge < -0.3 is 13.8 Å². The Morgan fingerprint density at radius 3 is 2.23 bits per heavy atom. The van der Waals surface area contributed by atoms with Crippen LogP contribution in [0.2, 0.25) is 0 Å². The molecule has 80 valence electrons. The van der Waals surface area contributed by atoms with Crippen molar-refractivity contribution >= 4 is 7.60 Å². The molecule has 0 saturated carbocycles. The predicted molar refractivity (Wildman–Crippen MR) is 47.6 cm³/mol. The molecule has 0 radical (unpaired) electrons. The number of rotatable bonds is 7. The molecule has 0 aromatic heterocycles. The van der Waals surface area contributed by atoms with E-state index in [4.69, 9.17) is 4.74 Å². The van der Waals surface area contributed by atoms with Gasteiger partial charge in [0.25, 0.3) is 0 Å². The van der Waals surface area contributed by atoms with E-state index < -0.39 is 20.4 Å². The Balaban J connectivity index is 3.91. The number of ether oxygens (including phenoxy) is 1. The van der Waals surface area contributed by atoms with Gasteiger partial charge in [0, 0.05) is 14.2 Å². The molecule has 0 aliphatic rings. The summed E-state index contributed by atoms with van der Waals surface area (Å²) in [6, 6.07) is 0. The summed E-state index contributed by atoms with van der Waals surface area (Å²) in [4.78, 5) is 0. The van der Waals surface area contributed by atoms with Gasteiger partial charge in [0.15, 0.2) is 0 Å². The van der Waals surface area contributed by atoms with Gasteiger partial charge >= 0.3 is 7.60 Å². The van der Waals surface area contributed by atoms with E-state index in [0.29, 0.717) is 6.42 Å². The Hall–Kier alpha value is 0.0400. The van der Waals surface area contributed by atoms with Gasteiger partial charge in [-0.2, -0.15) is 0 Å². The molecule has 4 nitrogen and oxygen atoms in total. The van der Waals surface area contributed by atoms with Crippen LogP contribution in [0.15, 0.2) is 0 Å². The van der Waals surface area contributed by atoms with Crippen LogP contribution in [-0.2, 0) is 18.3 Å². The van der Waals surface area contributed by atoms with E-state index in [9.17, 15) is 8.96 Å². The van der Waals surface area contributed by atoms with Crippen LogP contribution in [-0.4, -0.2) is 33.3 Å². The van der Waals surface area contributed by atoms with Crippen molar-refractivity contribution in [2.24, 2.45) is 0 Å². The zero-order valence-electron chi connectivity index (χ0n) is 8.16. The first kappa shape index (κ1) is 13.0. The van der Waals surface area contributed by atoms with Crippen LogP contribution in [0.3, 0.4) is 0 Å². The smallest absolute Gasteiger partial charge is 0.355 e. The van der Waals surface area contributed by atoms with Crippen molar-refractivity contribution in [2.45, 2.75) is 19.4 Å². The second-order valence-electron chi connectivity index (χ2n) is 2.46. The lowest BCUT2D eigenvalue weighted by Crippen LogP contribution is -2.15. The summed E-state index contributed by atoms with van der Waals surface area (Å²) in [6.07, 6.45) is -0.203. The lowest BCUT2D eigenvalue weighted by atomic mass is 10.3. The highest BCUT2D eigenvalue weighted by molar-refractivity contribution is 7.53. The van der Waals surface area contributed by atoms with Crippen LogP contribution >= 0.6 is 7.60 Å². The first-order valence-corrected chi connectivity index (χ1v) is 5.72. The highest BCUT2D eigenvalue weighted by Crippen LogP contribution is 2.46. The van der Waals surface area contributed by atoms with Crippen molar-refractivity contribution in [3.63, 3.8) is 0 Å². The number of halogens is 1. The van der Waals surface area contributed by atoms with Crippen molar-refractivity contribution in [2.75, 3.05) is 27.2 Å². The van der Waals surface area contributed by atoms with Crippen LogP contribution in [0.25, 0.3) is 0 Å². The highest BCUT2D eigenvalue weighted by atomic mass is 31.2. The Morgan fingerprint density at radius 2 is 1.92 bits per heavy atom. The Bertz CT molecular complexity index is 164. The third-order valence-electron chi connectivity index (χ3n) is 1.65. The standard InChI is InChI=1S/C7H16FO4P/c1-4-7(5-8)12-6-13(9,10-2)11-3/h7H,4-6H2,1-3H3/t7-/m0/s1. The molecule has 0 amide bonds. The minimum absolute atomic E-state index is 0.206. The van der Waals surface area contributed by atoms with Crippen LogP contribution in [0, 0.1) is 0 Å². The maximum Gasteiger partial charge on any atom is 0.355 e. The van der Waals surface area contributed by atoms with Gasteiger partial charge in [-0.05, 0) is 6.42 Å². The molecule has 0 aliphatic heterocycles. The second-order valence-corrected chi connectivity index (χ2v) is 4.67. The molecule has 0 spiro atoms. The second kappa shape index (κ2) is 6.49. The lowest BCUT2D eigenvalue weighted by Gasteiger charge is -2.17. The van der Waals surface area contributed by atoms with E-state index in [-0.39, 0.29) is 6.35 Å². The summed E-state index contributed by atoms with van der Waals surface area (Å²) >= 11 is 0. The van der Waals surface area contributed by atoms with E-state index in [1.807, 2.05) is 0 Å². The molecule has 0 aromatic carbocycles. The fourth-order valence-corrected chi connectivity index (χ4v) is 1.40. The first-order chi connectivity index (χ1) is 6.11. The topological polar surface area (TPSA) is 44.8 Å². The molecule has 6 heteroatoms. The fraction of sp³-hybridized carbons (Fsp3) is 1.00. The molecule has 0 heterocycles. The Morgan fingerprint density at radius 1 is 1.38 bits per heavy atom. The van der Waals surface area contributed by atoms with Gasteiger partial charge in [0.05, 0.1) is 6.10 Å². The Labute approximate surface area is 77.9 Å². The van der Waals surface area contributed by atoms with Crippen LogP contribution in [0.4, 0.5) is 4.39 Å². The largest absolute Gasteiger partial charge is 0.363 e. The SMILES string of the molecule is CC[C@@H](CF)OCP(=O)(OC)OC. The summed E-state index contributed by atoms with van der Waals surface area (Å²) in [7, 11) is -0.614. The molecule has 0 aliphatic carbocycles. The van der Waals surface area contributed by atoms with Crippen molar-refractivity contribution in [3.05, 3.63) is 0 Å². The summed E-state index contributed by atoms with van der Waals surface area (Å²) in [6.45, 7) is 1.19. The van der Waals surface area contributed by atoms with Gasteiger partial charge in [0.2, 0.25) is 0 Å². The molecule has 0 N–H and O–H groups in total. The van der Waals surface area contributed by atoms with Gasteiger partial charge in [-0.15, -0.1) is 0 Å². The van der Waals surface area contributed by atoms with Gasteiger partial charge in [-0.25, -0.2) is 4.39 Å². The Kier molecular flexibility index (Phi) is 6.51. The van der Waals surface area contributed by atoms with Gasteiger partial charge in [-0.1, -0.05) is 6.92 Å². The summed E-state index contributed by atoms with van der Waals surface area (Å²) < 4.78 is 37.8. The van der Waals surface area contributed by atoms with Gasteiger partial charge in [0.1, 0.15) is 13.0 Å². The average Bonchev–Trinajstić information content (AvgIpc) is 2.19. The molecule has 0 rings (SSSR count). The number of alkyl halides is 1. The van der Waals surface area contributed by atoms with E-state index in [1.54, 1.807) is 6.92 Å². The monoisotopic (exact) mass is 214 g/mol. The summed E-state index contributed by atoms with van der Waals surface area (Å²) in [5, 5.41) is 0. The van der Waals surface area contributed by atoms with Crippen LogP contribution < -0.4 is 0 Å². The van der Waals surface area contributed by atoms with E-state index in [1.165, 1.54) is 14.2 Å². The lowest BCUT2D eigenvalue weighted by molar-refractivity contribution is 0.0500. The van der Waals surface area contributed by atoms with Crippen molar-refractivity contribution in [1.29, 1.82) is 0 Å². The highest BCUT2D eigenvalue weighted by Gasteiger charge is 2.23. The summed E-state index contributed by atoms with van der Waals surface area (Å²) in [5.41, 5.74) is 0. The predicted octanol–water partition coefficient (Wildman–Crippen LogP) is 2.19. The third kappa shape index (κ3) is 4.72. The molecular weight excluding hydrogens is 198 g/mol. The van der Waals surface area contributed by atoms with Crippen LogP contribution in [0.1, 0.15) is 13.3 Å². The third-order valence-corrected chi connectivity index (χ3v) is 3.23. The molecule has 13 heavy (non-hydrogen) atoms. The minimum atomic E-state index is -3.15. The molecule has 1 atom stereocenters. The minimum Gasteiger partial charge on any atom is -0.363 e. The molecule has 0 unspecified atom stereocenters. The zero-order valence-corrected chi connectivity index (χ0v) is 9.05. The molecular formula is C7H16FO4P. The first-order valence-electron chi connectivity index (χ1n) is 4.00. The van der Waals surface area contributed by atoms with E-state index in [0.717, 1.165) is 0 Å². The molecule has 0 fully saturated rings. The average molecular weight is 214 g/mol.